The molecule has 3 heteroatoms. The number of fused-ring (bicyclic) bond motifs is 9. The third kappa shape index (κ3) is 8.36. The summed E-state index contributed by atoms with van der Waals surface area (Å²) < 4.78 is 7.71. The van der Waals surface area contributed by atoms with Crippen LogP contribution in [0.3, 0.4) is 0 Å². The first kappa shape index (κ1) is 51.8. The fourth-order valence-electron chi connectivity index (χ4n) is 14.8. The minimum atomic E-state index is 1.17. The van der Waals surface area contributed by atoms with E-state index >= 15 is 0 Å². The van der Waals surface area contributed by atoms with E-state index in [-0.39, 0.29) is 0 Å². The molecule has 422 valence electrons. The molecule has 3 heterocycles. The molecule has 91 heavy (non-hydrogen) atoms. The zero-order valence-corrected chi connectivity index (χ0v) is 51.0. The van der Waals surface area contributed by atoms with Crippen molar-refractivity contribution in [2.45, 2.75) is 0 Å². The molecule has 0 bridgehead atoms. The van der Waals surface area contributed by atoms with Gasteiger partial charge in [-0.25, -0.2) is 0 Å². The second kappa shape index (κ2) is 20.7. The summed E-state index contributed by atoms with van der Waals surface area (Å²) in [5.74, 6) is 0. The number of thiophene rings is 2. The van der Waals surface area contributed by atoms with Crippen LogP contribution in [0, 0.1) is 0 Å². The maximum absolute atomic E-state index is 2.56. The van der Waals surface area contributed by atoms with Crippen LogP contribution < -0.4 is 0 Å². The summed E-state index contributed by atoms with van der Waals surface area (Å²) in [5.41, 5.74) is 22.9. The second-order valence-electron chi connectivity index (χ2n) is 24.2. The van der Waals surface area contributed by atoms with Crippen molar-refractivity contribution < 1.29 is 0 Å². The van der Waals surface area contributed by atoms with Crippen molar-refractivity contribution in [1.29, 1.82) is 0 Å². The highest BCUT2D eigenvalue weighted by Gasteiger charge is 2.24. The molecule has 0 aliphatic carbocycles. The van der Waals surface area contributed by atoms with Crippen LogP contribution in [0.25, 0.3) is 189 Å². The highest BCUT2D eigenvalue weighted by molar-refractivity contribution is 7.27. The van der Waals surface area contributed by atoms with Gasteiger partial charge >= 0.3 is 0 Å². The Labute approximate surface area is 534 Å². The van der Waals surface area contributed by atoms with Gasteiger partial charge in [0.15, 0.2) is 0 Å². The first-order valence-electron chi connectivity index (χ1n) is 31.3. The Hall–Kier alpha value is -11.2. The standard InChI is InChI=1S/C88H53NS2/c1-7-20-54(21-8-1)65-46-70(58-28-15-5-16-29-58)85-76(50-65)78-52-67(56-24-11-3-12-25-56)48-72(87(78)90-85)63-38-42-81-74(44-63)75-45-64(39-43-82(75)89(81)80-41-37-62-35-34-60-32-19-33-61-36-40-69(80)84(62)83(60)61)73-49-68(57-26-13-4-14-27-57)53-79-77-51-66(55-22-9-2-10-23-55)47-71(86(77)91-88(73)79)59-30-17-6-18-31-59/h1-53H. The number of benzene rings is 16. The van der Waals surface area contributed by atoms with Crippen molar-refractivity contribution in [1.82, 2.24) is 4.57 Å². The molecule has 0 aliphatic heterocycles. The summed E-state index contributed by atoms with van der Waals surface area (Å²) in [6, 6.07) is 120. The highest BCUT2D eigenvalue weighted by Crippen LogP contribution is 2.52. The smallest absolute Gasteiger partial charge is 0.0541 e. The average Bonchev–Trinajstić information content (AvgIpc) is 1.53. The van der Waals surface area contributed by atoms with Crippen LogP contribution in [0.1, 0.15) is 0 Å². The van der Waals surface area contributed by atoms with Crippen LogP contribution in [0.2, 0.25) is 0 Å². The van der Waals surface area contributed by atoms with Crippen LogP contribution in [-0.2, 0) is 0 Å². The molecule has 3 aromatic heterocycles. The van der Waals surface area contributed by atoms with Gasteiger partial charge in [-0.15, -0.1) is 22.7 Å². The monoisotopic (exact) mass is 1190 g/mol. The zero-order chi connectivity index (χ0) is 59.7. The summed E-state index contributed by atoms with van der Waals surface area (Å²) in [6.07, 6.45) is 0. The Morgan fingerprint density at radius 2 is 0.495 bits per heavy atom. The van der Waals surface area contributed by atoms with Crippen LogP contribution in [0.15, 0.2) is 322 Å². The summed E-state index contributed by atoms with van der Waals surface area (Å²) >= 11 is 3.85. The zero-order valence-electron chi connectivity index (χ0n) is 49.4. The lowest BCUT2D eigenvalue weighted by atomic mass is 9.92. The Bertz CT molecular complexity index is 5760. The van der Waals surface area contributed by atoms with Gasteiger partial charge in [-0.05, 0) is 173 Å². The third-order valence-electron chi connectivity index (χ3n) is 19.1. The van der Waals surface area contributed by atoms with Crippen LogP contribution in [-0.4, -0.2) is 4.57 Å². The van der Waals surface area contributed by atoms with Gasteiger partial charge in [0, 0.05) is 78.8 Å². The maximum Gasteiger partial charge on any atom is 0.0541 e. The maximum atomic E-state index is 2.56. The average molecular weight is 1190 g/mol. The topological polar surface area (TPSA) is 4.93 Å². The minimum absolute atomic E-state index is 1.17. The molecule has 0 saturated carbocycles. The molecule has 0 aliphatic rings. The number of rotatable bonds is 9. The number of nitrogens with zero attached hydrogens (tertiary/aromatic N) is 1. The van der Waals surface area contributed by atoms with Crippen molar-refractivity contribution >= 4 is 117 Å². The molecule has 0 unspecified atom stereocenters. The molecule has 1 nitrogen and oxygen atoms in total. The van der Waals surface area contributed by atoms with E-state index < -0.39 is 0 Å². The Morgan fingerprint density at radius 3 is 0.868 bits per heavy atom. The van der Waals surface area contributed by atoms with E-state index in [1.807, 2.05) is 22.7 Å². The Balaban J connectivity index is 0.902. The molecular formula is C88H53NS2. The van der Waals surface area contributed by atoms with Crippen molar-refractivity contribution in [2.24, 2.45) is 0 Å². The SMILES string of the molecule is c1ccc(-c2cc(-c3ccccc3)c3sc4c(-c5ccc6c(c5)c5cc(-c7cc(-c8ccccc8)cc8c7sc7c(-c9ccccc9)cc(-c9ccccc9)cc78)ccc5n6-c5ccc6ccc7cccc8ccc5c6c78)cc(-c5ccccc5)cc4c3c2)cc1. The number of hydrogen-bond donors (Lipinski definition) is 0. The lowest BCUT2D eigenvalue weighted by molar-refractivity contribution is 1.20. The second-order valence-corrected chi connectivity index (χ2v) is 26.3. The number of hydrogen-bond acceptors (Lipinski definition) is 2. The van der Waals surface area contributed by atoms with Crippen molar-refractivity contribution in [2.75, 3.05) is 0 Å². The molecule has 19 aromatic rings. The van der Waals surface area contributed by atoms with E-state index in [1.54, 1.807) is 0 Å². The van der Waals surface area contributed by atoms with Crippen molar-refractivity contribution in [3.8, 4) is 94.7 Å². The van der Waals surface area contributed by atoms with Gasteiger partial charge in [-0.1, -0.05) is 243 Å². The van der Waals surface area contributed by atoms with Gasteiger partial charge in [0.2, 0.25) is 0 Å². The lowest BCUT2D eigenvalue weighted by Crippen LogP contribution is -1.96. The van der Waals surface area contributed by atoms with E-state index in [2.05, 4.69) is 326 Å². The van der Waals surface area contributed by atoms with E-state index in [9.17, 15) is 0 Å². The molecule has 0 amide bonds. The predicted molar refractivity (Wildman–Crippen MR) is 394 cm³/mol. The molecule has 0 N–H and O–H groups in total. The van der Waals surface area contributed by atoms with Gasteiger partial charge in [0.1, 0.15) is 0 Å². The van der Waals surface area contributed by atoms with Gasteiger partial charge < -0.3 is 4.57 Å². The minimum Gasteiger partial charge on any atom is -0.309 e. The van der Waals surface area contributed by atoms with E-state index in [4.69, 9.17) is 0 Å². The summed E-state index contributed by atoms with van der Waals surface area (Å²) in [7, 11) is 0. The molecule has 0 radical (unpaired) electrons. The van der Waals surface area contributed by atoms with Crippen LogP contribution in [0.5, 0.6) is 0 Å². The molecule has 0 fully saturated rings. The van der Waals surface area contributed by atoms with Crippen molar-refractivity contribution in [3.05, 3.63) is 322 Å². The van der Waals surface area contributed by atoms with Gasteiger partial charge in [-0.2, -0.15) is 0 Å². The fraction of sp³-hybridized carbons (Fsp3) is 0. The first-order valence-corrected chi connectivity index (χ1v) is 32.9. The first-order chi connectivity index (χ1) is 45.1. The number of aromatic nitrogens is 1. The summed E-state index contributed by atoms with van der Waals surface area (Å²) in [6.45, 7) is 0. The van der Waals surface area contributed by atoms with Gasteiger partial charge in [0.25, 0.3) is 0 Å². The highest BCUT2D eigenvalue weighted by atomic mass is 32.1. The normalized spacial score (nSPS) is 12.0. The fourth-order valence-corrected chi connectivity index (χ4v) is 17.4. The van der Waals surface area contributed by atoms with E-state index in [0.717, 1.165) is 0 Å². The third-order valence-corrected chi connectivity index (χ3v) is 21.7. The predicted octanol–water partition coefficient (Wildman–Crippen LogP) is 25.8. The Morgan fingerprint density at radius 1 is 0.187 bits per heavy atom. The largest absolute Gasteiger partial charge is 0.309 e. The summed E-state index contributed by atoms with van der Waals surface area (Å²) in [5, 5.41) is 15.1. The molecule has 0 saturated heterocycles. The van der Waals surface area contributed by atoms with E-state index in [1.165, 1.54) is 189 Å². The molecule has 16 aromatic carbocycles. The Kier molecular flexibility index (Phi) is 11.8. The van der Waals surface area contributed by atoms with Crippen molar-refractivity contribution in [3.63, 3.8) is 0 Å². The van der Waals surface area contributed by atoms with Crippen LogP contribution in [0.4, 0.5) is 0 Å². The lowest BCUT2D eigenvalue weighted by Gasteiger charge is -2.16. The summed E-state index contributed by atoms with van der Waals surface area (Å²) in [4.78, 5) is 0. The van der Waals surface area contributed by atoms with Gasteiger partial charge in [0.05, 0.1) is 16.7 Å². The van der Waals surface area contributed by atoms with E-state index in [0.29, 0.717) is 0 Å². The molecule has 0 atom stereocenters. The molecule has 19 rings (SSSR count). The molecular weight excluding hydrogens is 1140 g/mol. The van der Waals surface area contributed by atoms with Crippen LogP contribution >= 0.6 is 22.7 Å². The molecule has 0 spiro atoms. The van der Waals surface area contributed by atoms with Gasteiger partial charge in [-0.3, -0.25) is 0 Å². The quantitative estimate of drug-likeness (QED) is 0.127.